The van der Waals surface area contributed by atoms with E-state index in [1.54, 1.807) is 0 Å². The van der Waals surface area contributed by atoms with Gasteiger partial charge in [-0.2, -0.15) is 0 Å². The molecule has 0 radical (unpaired) electrons. The molecule has 0 aliphatic rings. The van der Waals surface area contributed by atoms with Crippen LogP contribution in [-0.2, 0) is 0 Å². The number of aromatic nitrogens is 1. The molecule has 75 heavy (non-hydrogen) atoms. The van der Waals surface area contributed by atoms with Crippen LogP contribution in [-0.4, -0.2) is 4.57 Å². The number of para-hydroxylation sites is 1. The standard InChI is InChI=1S/C74H49N/c1-6-16-50(17-7-1)54-30-34-58(35-31-54)73-65-42-38-61(52-20-10-3-11-21-52)49-70(65)74(66-43-39-60(48-69(66)73)51-18-8-2-9-19-51)59-36-32-56(33-37-59)55-26-28-57(29-27-55)63-41-45-72-68(47-63)67-46-62(53-22-12-4-13-23-53)40-44-71(67)75(72)64-24-14-5-15-25-64/h1-49H. The van der Waals surface area contributed by atoms with Crippen molar-refractivity contribution in [1.82, 2.24) is 4.57 Å². The minimum atomic E-state index is 1.16. The van der Waals surface area contributed by atoms with Crippen molar-refractivity contribution in [3.8, 4) is 94.7 Å². The van der Waals surface area contributed by atoms with E-state index < -0.39 is 0 Å². The van der Waals surface area contributed by atoms with Crippen LogP contribution in [0.4, 0.5) is 0 Å². The maximum absolute atomic E-state index is 2.41. The number of rotatable bonds is 9. The van der Waals surface area contributed by atoms with Crippen LogP contribution in [0.5, 0.6) is 0 Å². The van der Waals surface area contributed by atoms with Crippen LogP contribution in [0, 0.1) is 0 Å². The van der Waals surface area contributed by atoms with Gasteiger partial charge >= 0.3 is 0 Å². The van der Waals surface area contributed by atoms with Crippen molar-refractivity contribution in [1.29, 1.82) is 0 Å². The van der Waals surface area contributed by atoms with Crippen molar-refractivity contribution in [2.24, 2.45) is 0 Å². The predicted molar refractivity (Wildman–Crippen MR) is 319 cm³/mol. The Labute approximate surface area is 437 Å². The van der Waals surface area contributed by atoms with E-state index in [2.05, 4.69) is 302 Å². The molecule has 0 atom stereocenters. The maximum Gasteiger partial charge on any atom is 0.0541 e. The molecule has 1 aromatic heterocycles. The Bertz CT molecular complexity index is 4370. The van der Waals surface area contributed by atoms with Crippen LogP contribution in [0.15, 0.2) is 297 Å². The van der Waals surface area contributed by atoms with Gasteiger partial charge in [-0.25, -0.2) is 0 Å². The molecule has 1 nitrogen and oxygen atoms in total. The van der Waals surface area contributed by atoms with Crippen molar-refractivity contribution in [2.45, 2.75) is 0 Å². The van der Waals surface area contributed by atoms with E-state index in [1.807, 2.05) is 0 Å². The lowest BCUT2D eigenvalue weighted by Gasteiger charge is -2.20. The number of benzene rings is 13. The summed E-state index contributed by atoms with van der Waals surface area (Å²) in [5.41, 5.74) is 22.8. The van der Waals surface area contributed by atoms with Gasteiger partial charge in [-0.1, -0.05) is 249 Å². The van der Waals surface area contributed by atoms with Crippen molar-refractivity contribution in [2.75, 3.05) is 0 Å². The number of hydrogen-bond donors (Lipinski definition) is 0. The summed E-state index contributed by atoms with van der Waals surface area (Å²) >= 11 is 0. The van der Waals surface area contributed by atoms with Crippen molar-refractivity contribution in [3.63, 3.8) is 0 Å². The summed E-state index contributed by atoms with van der Waals surface area (Å²) in [6, 6.07) is 109. The molecule has 13 aromatic carbocycles. The highest BCUT2D eigenvalue weighted by Gasteiger charge is 2.20. The molecule has 0 saturated carbocycles. The van der Waals surface area contributed by atoms with Gasteiger partial charge in [-0.05, 0) is 159 Å². The third-order valence-electron chi connectivity index (χ3n) is 15.2. The largest absolute Gasteiger partial charge is 0.309 e. The minimum Gasteiger partial charge on any atom is -0.309 e. The Morgan fingerprint density at radius 2 is 0.400 bits per heavy atom. The first-order valence-corrected chi connectivity index (χ1v) is 25.9. The zero-order valence-corrected chi connectivity index (χ0v) is 41.2. The molecule has 0 aliphatic carbocycles. The molecule has 0 fully saturated rings. The molecule has 14 rings (SSSR count). The average Bonchev–Trinajstić information content (AvgIpc) is 3.83. The zero-order valence-electron chi connectivity index (χ0n) is 41.2. The van der Waals surface area contributed by atoms with Gasteiger partial charge in [0.15, 0.2) is 0 Å². The molecule has 350 valence electrons. The predicted octanol–water partition coefficient (Wildman–Crippen LogP) is 20.4. The van der Waals surface area contributed by atoms with E-state index in [1.165, 1.54) is 132 Å². The maximum atomic E-state index is 2.41. The van der Waals surface area contributed by atoms with Gasteiger partial charge in [0.05, 0.1) is 11.0 Å². The molecule has 0 aliphatic heterocycles. The fourth-order valence-electron chi connectivity index (χ4n) is 11.5. The summed E-state index contributed by atoms with van der Waals surface area (Å²) in [5.74, 6) is 0. The lowest BCUT2D eigenvalue weighted by Crippen LogP contribution is -1.93. The highest BCUT2D eigenvalue weighted by molar-refractivity contribution is 6.22. The van der Waals surface area contributed by atoms with E-state index >= 15 is 0 Å². The lowest BCUT2D eigenvalue weighted by atomic mass is 9.83. The van der Waals surface area contributed by atoms with E-state index in [9.17, 15) is 0 Å². The van der Waals surface area contributed by atoms with E-state index in [0.29, 0.717) is 0 Å². The lowest BCUT2D eigenvalue weighted by molar-refractivity contribution is 1.18. The second kappa shape index (κ2) is 18.7. The van der Waals surface area contributed by atoms with Crippen molar-refractivity contribution in [3.05, 3.63) is 297 Å². The van der Waals surface area contributed by atoms with Gasteiger partial charge in [0.2, 0.25) is 0 Å². The Morgan fingerprint density at radius 1 is 0.160 bits per heavy atom. The molecule has 1 heterocycles. The molecular weight excluding hydrogens is 903 g/mol. The first kappa shape index (κ1) is 43.9. The SMILES string of the molecule is c1ccc(-c2ccc(-c3c4ccc(-c5ccccc5)cc4c(-c4ccc(-c5ccc(-c6ccc7c(c6)c6cc(-c8ccccc8)ccc6n7-c6ccccc6)cc5)cc4)c4ccc(-c5ccccc5)cc34)cc2)cc1. The smallest absolute Gasteiger partial charge is 0.0541 e. The molecule has 0 N–H and O–H groups in total. The highest BCUT2D eigenvalue weighted by Crippen LogP contribution is 2.47. The number of hydrogen-bond acceptors (Lipinski definition) is 0. The highest BCUT2D eigenvalue weighted by atomic mass is 15.0. The minimum absolute atomic E-state index is 1.16. The van der Waals surface area contributed by atoms with Crippen molar-refractivity contribution < 1.29 is 0 Å². The molecule has 0 bridgehead atoms. The van der Waals surface area contributed by atoms with Crippen LogP contribution in [0.2, 0.25) is 0 Å². The van der Waals surface area contributed by atoms with Gasteiger partial charge in [-0.3, -0.25) is 0 Å². The van der Waals surface area contributed by atoms with Crippen LogP contribution in [0.1, 0.15) is 0 Å². The summed E-state index contributed by atoms with van der Waals surface area (Å²) in [5, 5.41) is 7.41. The monoisotopic (exact) mass is 951 g/mol. The van der Waals surface area contributed by atoms with Crippen LogP contribution in [0.25, 0.3) is 138 Å². The van der Waals surface area contributed by atoms with Crippen LogP contribution < -0.4 is 0 Å². The van der Waals surface area contributed by atoms with E-state index in [-0.39, 0.29) is 0 Å². The molecule has 0 amide bonds. The van der Waals surface area contributed by atoms with Crippen LogP contribution >= 0.6 is 0 Å². The first-order valence-electron chi connectivity index (χ1n) is 25.9. The zero-order chi connectivity index (χ0) is 49.7. The van der Waals surface area contributed by atoms with E-state index in [4.69, 9.17) is 0 Å². The second-order valence-electron chi connectivity index (χ2n) is 19.6. The van der Waals surface area contributed by atoms with Crippen molar-refractivity contribution >= 4 is 43.4 Å². The Hall–Kier alpha value is -9.82. The van der Waals surface area contributed by atoms with E-state index in [0.717, 1.165) is 5.69 Å². The third-order valence-corrected chi connectivity index (χ3v) is 15.2. The van der Waals surface area contributed by atoms with Gasteiger partial charge in [0.1, 0.15) is 0 Å². The number of fused-ring (bicyclic) bond motifs is 5. The molecule has 0 saturated heterocycles. The van der Waals surface area contributed by atoms with Gasteiger partial charge in [-0.15, -0.1) is 0 Å². The summed E-state index contributed by atoms with van der Waals surface area (Å²) in [7, 11) is 0. The molecule has 1 heteroatoms. The average molecular weight is 952 g/mol. The number of nitrogens with zero attached hydrogens (tertiary/aromatic N) is 1. The molecule has 0 spiro atoms. The molecular formula is C74H49N. The quantitative estimate of drug-likeness (QED) is 0.127. The summed E-state index contributed by atoms with van der Waals surface area (Å²) in [6.45, 7) is 0. The Kier molecular flexibility index (Phi) is 10.9. The molecule has 14 aromatic rings. The van der Waals surface area contributed by atoms with Gasteiger partial charge < -0.3 is 4.57 Å². The van der Waals surface area contributed by atoms with Gasteiger partial charge in [0, 0.05) is 16.5 Å². The fraction of sp³-hybridized carbons (Fsp3) is 0. The topological polar surface area (TPSA) is 4.93 Å². The Balaban J connectivity index is 0.874. The van der Waals surface area contributed by atoms with Gasteiger partial charge in [0.25, 0.3) is 0 Å². The van der Waals surface area contributed by atoms with Crippen LogP contribution in [0.3, 0.4) is 0 Å². The third kappa shape index (κ3) is 7.99. The first-order chi connectivity index (χ1) is 37.2. The Morgan fingerprint density at radius 3 is 0.747 bits per heavy atom. The normalized spacial score (nSPS) is 11.5. The second-order valence-corrected chi connectivity index (χ2v) is 19.6. The summed E-state index contributed by atoms with van der Waals surface area (Å²) < 4.78 is 2.39. The summed E-state index contributed by atoms with van der Waals surface area (Å²) in [4.78, 5) is 0. The summed E-state index contributed by atoms with van der Waals surface area (Å²) in [6.07, 6.45) is 0. The molecule has 0 unspecified atom stereocenters. The fourth-order valence-corrected chi connectivity index (χ4v) is 11.5.